The molecule has 0 bridgehead atoms. The number of hydrogen-bond donors (Lipinski definition) is 2. The van der Waals surface area contributed by atoms with Crippen molar-refractivity contribution in [3.05, 3.63) is 51.7 Å². The minimum absolute atomic E-state index is 0.155. The topological polar surface area (TPSA) is 75.6 Å². The van der Waals surface area contributed by atoms with Gasteiger partial charge in [0.1, 0.15) is 10.6 Å². The summed E-state index contributed by atoms with van der Waals surface area (Å²) < 4.78 is 5.23. The highest BCUT2D eigenvalue weighted by molar-refractivity contribution is 7.15. The number of thiophene rings is 1. The van der Waals surface area contributed by atoms with E-state index in [1.807, 2.05) is 38.1 Å². The summed E-state index contributed by atoms with van der Waals surface area (Å²) in [5, 5.41) is 11.8. The molecule has 1 aromatic carbocycles. The summed E-state index contributed by atoms with van der Waals surface area (Å²) in [5.74, 6) is -0.518. The van der Waals surface area contributed by atoms with Crippen LogP contribution >= 0.6 is 11.3 Å². The SMILES string of the molecule is COc1cccc(C(C)(C)CNC(=O)c2ccc(C(=O)O)s2)c1. The number of carbonyl (C=O) groups excluding carboxylic acids is 1. The Hall–Kier alpha value is -2.34. The first kappa shape index (κ1) is 17.0. The molecule has 2 N–H and O–H groups in total. The number of ether oxygens (including phenoxy) is 1. The third kappa shape index (κ3) is 4.10. The van der Waals surface area contributed by atoms with Crippen LogP contribution in [-0.2, 0) is 5.41 Å². The zero-order valence-electron chi connectivity index (χ0n) is 13.3. The highest BCUT2D eigenvalue weighted by Gasteiger charge is 2.23. The molecule has 0 atom stereocenters. The van der Waals surface area contributed by atoms with E-state index in [-0.39, 0.29) is 16.2 Å². The van der Waals surface area contributed by atoms with Crippen LogP contribution < -0.4 is 10.1 Å². The maximum Gasteiger partial charge on any atom is 0.345 e. The normalized spacial score (nSPS) is 11.1. The Labute approximate surface area is 138 Å². The van der Waals surface area contributed by atoms with Crippen molar-refractivity contribution in [2.75, 3.05) is 13.7 Å². The second kappa shape index (κ2) is 6.83. The monoisotopic (exact) mass is 333 g/mol. The molecule has 6 heteroatoms. The number of rotatable bonds is 6. The standard InChI is InChI=1S/C17H19NO4S/c1-17(2,11-5-4-6-12(9-11)22-3)10-18-15(19)13-7-8-14(23-13)16(20)21/h4-9H,10H2,1-3H3,(H,18,19)(H,20,21). The van der Waals surface area contributed by atoms with E-state index in [9.17, 15) is 9.59 Å². The van der Waals surface area contributed by atoms with Gasteiger partial charge in [-0.3, -0.25) is 4.79 Å². The lowest BCUT2D eigenvalue weighted by Crippen LogP contribution is -2.36. The van der Waals surface area contributed by atoms with E-state index < -0.39 is 5.97 Å². The van der Waals surface area contributed by atoms with Crippen LogP contribution in [-0.4, -0.2) is 30.6 Å². The number of carboxylic acid groups (broad SMARTS) is 1. The second-order valence-electron chi connectivity index (χ2n) is 5.77. The fourth-order valence-corrected chi connectivity index (χ4v) is 2.87. The molecule has 2 rings (SSSR count). The molecule has 1 amide bonds. The maximum atomic E-state index is 12.2. The highest BCUT2D eigenvalue weighted by atomic mass is 32.1. The molecule has 1 heterocycles. The molecule has 122 valence electrons. The maximum absolute atomic E-state index is 12.2. The first-order valence-corrected chi connectivity index (χ1v) is 7.91. The minimum atomic E-state index is -1.02. The van der Waals surface area contributed by atoms with E-state index in [0.717, 1.165) is 22.6 Å². The zero-order chi connectivity index (χ0) is 17.0. The summed E-state index contributed by atoms with van der Waals surface area (Å²) >= 11 is 0.970. The predicted molar refractivity (Wildman–Crippen MR) is 89.6 cm³/mol. The average molecular weight is 333 g/mol. The molecule has 0 unspecified atom stereocenters. The molecule has 0 aliphatic rings. The highest BCUT2D eigenvalue weighted by Crippen LogP contribution is 2.26. The summed E-state index contributed by atoms with van der Waals surface area (Å²) in [6.07, 6.45) is 0. The van der Waals surface area contributed by atoms with Crippen LogP contribution in [0.15, 0.2) is 36.4 Å². The molecular weight excluding hydrogens is 314 g/mol. The Morgan fingerprint density at radius 1 is 1.22 bits per heavy atom. The van der Waals surface area contributed by atoms with Crippen LogP contribution in [0.1, 0.15) is 38.8 Å². The van der Waals surface area contributed by atoms with Gasteiger partial charge in [0.2, 0.25) is 0 Å². The van der Waals surface area contributed by atoms with E-state index in [2.05, 4.69) is 5.32 Å². The first-order valence-electron chi connectivity index (χ1n) is 7.09. The molecular formula is C17H19NO4S. The van der Waals surface area contributed by atoms with E-state index in [4.69, 9.17) is 9.84 Å². The number of methoxy groups -OCH3 is 1. The van der Waals surface area contributed by atoms with E-state index in [1.54, 1.807) is 7.11 Å². The lowest BCUT2D eigenvalue weighted by atomic mass is 9.84. The summed E-state index contributed by atoms with van der Waals surface area (Å²) in [6, 6.07) is 10.7. The fourth-order valence-electron chi connectivity index (χ4n) is 2.11. The van der Waals surface area contributed by atoms with Crippen molar-refractivity contribution >= 4 is 23.2 Å². The zero-order valence-corrected chi connectivity index (χ0v) is 14.1. The average Bonchev–Trinajstić information content (AvgIpc) is 3.03. The molecule has 0 aliphatic carbocycles. The lowest BCUT2D eigenvalue weighted by Gasteiger charge is -2.26. The quantitative estimate of drug-likeness (QED) is 0.851. The molecule has 0 fully saturated rings. The lowest BCUT2D eigenvalue weighted by molar-refractivity contribution is 0.0702. The van der Waals surface area contributed by atoms with E-state index in [0.29, 0.717) is 11.4 Å². The number of carboxylic acids is 1. The number of amides is 1. The summed E-state index contributed by atoms with van der Waals surface area (Å²) in [5.41, 5.74) is 0.770. The Kier molecular flexibility index (Phi) is 5.05. The third-order valence-corrected chi connectivity index (χ3v) is 4.65. The molecule has 1 aromatic heterocycles. The summed E-state index contributed by atoms with van der Waals surface area (Å²) in [6.45, 7) is 4.48. The molecule has 2 aromatic rings. The molecule has 23 heavy (non-hydrogen) atoms. The van der Waals surface area contributed by atoms with Gasteiger partial charge in [-0.2, -0.15) is 0 Å². The van der Waals surface area contributed by atoms with Gasteiger partial charge in [-0.15, -0.1) is 11.3 Å². The number of carbonyl (C=O) groups is 2. The van der Waals surface area contributed by atoms with Gasteiger partial charge in [-0.05, 0) is 29.8 Å². The van der Waals surface area contributed by atoms with Gasteiger partial charge in [0, 0.05) is 12.0 Å². The van der Waals surface area contributed by atoms with Crippen LogP contribution in [0.2, 0.25) is 0 Å². The summed E-state index contributed by atoms with van der Waals surface area (Å²) in [7, 11) is 1.62. The van der Waals surface area contributed by atoms with Crippen LogP contribution in [0, 0.1) is 0 Å². The Morgan fingerprint density at radius 3 is 2.52 bits per heavy atom. The van der Waals surface area contributed by atoms with Crippen LogP contribution in [0.5, 0.6) is 5.75 Å². The smallest absolute Gasteiger partial charge is 0.345 e. The van der Waals surface area contributed by atoms with Gasteiger partial charge in [-0.25, -0.2) is 4.79 Å². The molecule has 0 spiro atoms. The van der Waals surface area contributed by atoms with Crippen molar-refractivity contribution in [2.45, 2.75) is 19.3 Å². The van der Waals surface area contributed by atoms with Gasteiger partial charge < -0.3 is 15.2 Å². The summed E-state index contributed by atoms with van der Waals surface area (Å²) in [4.78, 5) is 23.6. The molecule has 0 aliphatic heterocycles. The second-order valence-corrected chi connectivity index (χ2v) is 6.85. The Morgan fingerprint density at radius 2 is 1.91 bits per heavy atom. The van der Waals surface area contributed by atoms with Crippen molar-refractivity contribution in [3.63, 3.8) is 0 Å². The molecule has 5 nitrogen and oxygen atoms in total. The predicted octanol–water partition coefficient (Wildman–Crippen LogP) is 3.16. The van der Waals surface area contributed by atoms with Crippen molar-refractivity contribution in [3.8, 4) is 5.75 Å². The Bertz CT molecular complexity index is 721. The van der Waals surface area contributed by atoms with Crippen LogP contribution in [0.3, 0.4) is 0 Å². The van der Waals surface area contributed by atoms with Crippen LogP contribution in [0.25, 0.3) is 0 Å². The van der Waals surface area contributed by atoms with Gasteiger partial charge in [-0.1, -0.05) is 26.0 Å². The number of nitrogens with one attached hydrogen (secondary N) is 1. The van der Waals surface area contributed by atoms with Gasteiger partial charge in [0.15, 0.2) is 0 Å². The minimum Gasteiger partial charge on any atom is -0.497 e. The number of benzene rings is 1. The van der Waals surface area contributed by atoms with Gasteiger partial charge in [0.05, 0.1) is 12.0 Å². The Balaban J connectivity index is 2.05. The van der Waals surface area contributed by atoms with E-state index >= 15 is 0 Å². The van der Waals surface area contributed by atoms with Gasteiger partial charge in [0.25, 0.3) is 5.91 Å². The third-order valence-electron chi connectivity index (χ3n) is 3.58. The van der Waals surface area contributed by atoms with Crippen molar-refractivity contribution in [1.29, 1.82) is 0 Å². The van der Waals surface area contributed by atoms with Crippen molar-refractivity contribution < 1.29 is 19.4 Å². The van der Waals surface area contributed by atoms with Crippen molar-refractivity contribution in [1.82, 2.24) is 5.32 Å². The largest absolute Gasteiger partial charge is 0.497 e. The van der Waals surface area contributed by atoms with Crippen LogP contribution in [0.4, 0.5) is 0 Å². The first-order chi connectivity index (χ1) is 10.8. The number of aromatic carboxylic acids is 1. The van der Waals surface area contributed by atoms with Gasteiger partial charge >= 0.3 is 5.97 Å². The molecule has 0 radical (unpaired) electrons. The molecule has 0 saturated heterocycles. The van der Waals surface area contributed by atoms with E-state index in [1.165, 1.54) is 12.1 Å². The van der Waals surface area contributed by atoms with Crippen molar-refractivity contribution in [2.24, 2.45) is 0 Å². The number of hydrogen-bond acceptors (Lipinski definition) is 4. The molecule has 0 saturated carbocycles. The fraction of sp³-hybridized carbons (Fsp3) is 0.294.